The van der Waals surface area contributed by atoms with Crippen molar-refractivity contribution < 1.29 is 30.2 Å². The maximum atomic E-state index is 12.1. The minimum absolute atomic E-state index is 0.00886. The van der Waals surface area contributed by atoms with Crippen LogP contribution in [0.3, 0.4) is 0 Å². The van der Waals surface area contributed by atoms with Crippen molar-refractivity contribution in [2.24, 2.45) is 0 Å². The highest BCUT2D eigenvalue weighted by molar-refractivity contribution is 7.91. The van der Waals surface area contributed by atoms with Crippen LogP contribution in [-0.2, 0) is 32.1 Å². The summed E-state index contributed by atoms with van der Waals surface area (Å²) in [6, 6.07) is -2.88. The molecule has 0 unspecified atom stereocenters. The Balaban J connectivity index is 2.65. The first-order chi connectivity index (χ1) is 8.28. The lowest BCUT2D eigenvalue weighted by atomic mass is 10.7. The molecule has 18 heavy (non-hydrogen) atoms. The molecular formula is C8H13F2N2O4S2+. The molecule has 0 aliphatic carbocycles. The van der Waals surface area contributed by atoms with Crippen molar-refractivity contribution in [3.8, 4) is 0 Å². The number of hydrogen-bond acceptors (Lipinski definition) is 4. The second-order valence-corrected chi connectivity index (χ2v) is 7.78. The number of aryl methyl sites for hydroxylation is 1. The van der Waals surface area contributed by atoms with Gasteiger partial charge in [-0.25, -0.2) is 34.8 Å². The summed E-state index contributed by atoms with van der Waals surface area (Å²) in [7, 11) is -7.53. The Hall–Kier alpha value is -1.03. The van der Waals surface area contributed by atoms with E-state index >= 15 is 0 Å². The van der Waals surface area contributed by atoms with Gasteiger partial charge in [0.2, 0.25) is 16.2 Å². The van der Waals surface area contributed by atoms with E-state index in [1.54, 1.807) is 0 Å². The molecule has 0 bridgehead atoms. The molecule has 0 saturated heterocycles. The third-order valence-corrected chi connectivity index (χ3v) is 4.25. The zero-order valence-corrected chi connectivity index (χ0v) is 11.0. The van der Waals surface area contributed by atoms with Gasteiger partial charge >= 0.3 is 0 Å². The van der Waals surface area contributed by atoms with E-state index in [2.05, 4.69) is 0 Å². The second-order valence-electron chi connectivity index (χ2n) is 3.70. The molecule has 6 nitrogen and oxygen atoms in total. The molecule has 0 aliphatic rings. The van der Waals surface area contributed by atoms with Gasteiger partial charge in [0, 0.05) is 0 Å². The summed E-state index contributed by atoms with van der Waals surface area (Å²) in [5, 5.41) is 0. The molecule has 0 atom stereocenters. The molecule has 0 spiro atoms. The highest BCUT2D eigenvalue weighted by Gasteiger charge is 2.17. The Kier molecular flexibility index (Phi) is 4.79. The molecule has 1 aromatic heterocycles. The summed E-state index contributed by atoms with van der Waals surface area (Å²) >= 11 is 0. The zero-order chi connectivity index (χ0) is 13.8. The van der Waals surface area contributed by atoms with Crippen molar-refractivity contribution in [2.45, 2.75) is 12.4 Å². The molecule has 104 valence electrons. The topological polar surface area (TPSA) is 77.1 Å². The molecule has 1 rings (SSSR count). The molecule has 0 N–H and O–H groups in total. The first-order valence-corrected chi connectivity index (χ1v) is 8.50. The lowest BCUT2D eigenvalue weighted by molar-refractivity contribution is -0.676. The standard InChI is InChI=1S/C8H13F2N2O4S2/c9-5-17(13,14)4-3-11-1-2-12(7-11)8-18(15,16)6-10/h1-2,7H,3-6,8H2/q+1. The maximum absolute atomic E-state index is 12.1. The molecular weight excluding hydrogens is 290 g/mol. The van der Waals surface area contributed by atoms with Gasteiger partial charge in [-0.2, -0.15) is 0 Å². The summed E-state index contributed by atoms with van der Waals surface area (Å²) in [6.45, 7) is 0.00886. The fourth-order valence-corrected chi connectivity index (χ4v) is 2.48. The predicted octanol–water partition coefficient (Wildman–Crippen LogP) is -0.583. The molecule has 0 saturated carbocycles. The number of imidazole rings is 1. The molecule has 0 fully saturated rings. The first-order valence-electron chi connectivity index (χ1n) is 4.85. The number of rotatable bonds is 7. The highest BCUT2D eigenvalue weighted by atomic mass is 32.2. The van der Waals surface area contributed by atoms with Gasteiger partial charge in [-0.05, 0) is 0 Å². The normalized spacial score (nSPS) is 12.8. The Labute approximate surface area is 104 Å². The van der Waals surface area contributed by atoms with Crippen LogP contribution in [0.4, 0.5) is 8.78 Å². The summed E-state index contributed by atoms with van der Waals surface area (Å²) in [4.78, 5) is 0. The van der Waals surface area contributed by atoms with Crippen molar-refractivity contribution in [3.63, 3.8) is 0 Å². The van der Waals surface area contributed by atoms with E-state index in [0.717, 1.165) is 0 Å². The summed E-state index contributed by atoms with van der Waals surface area (Å²) < 4.78 is 70.5. The SMILES string of the molecule is O=S(=O)(CF)CCn1cc[n+](CS(=O)(=O)CF)c1. The Bertz CT molecular complexity index is 594. The summed E-state index contributed by atoms with van der Waals surface area (Å²) in [5.41, 5.74) is 0. The lowest BCUT2D eigenvalue weighted by Crippen LogP contribution is -2.36. The van der Waals surface area contributed by atoms with Crippen LogP contribution in [0.5, 0.6) is 0 Å². The first kappa shape index (κ1) is 15.0. The second kappa shape index (κ2) is 5.74. The van der Waals surface area contributed by atoms with Gasteiger partial charge in [0.1, 0.15) is 18.9 Å². The summed E-state index contributed by atoms with van der Waals surface area (Å²) in [5.74, 6) is -0.902. The van der Waals surface area contributed by atoms with Crippen LogP contribution in [0.25, 0.3) is 0 Å². The van der Waals surface area contributed by atoms with Crippen molar-refractivity contribution in [3.05, 3.63) is 18.7 Å². The van der Waals surface area contributed by atoms with Crippen LogP contribution < -0.4 is 4.57 Å². The smallest absolute Gasteiger partial charge is 0.236 e. The van der Waals surface area contributed by atoms with E-state index < -0.39 is 37.6 Å². The summed E-state index contributed by atoms with van der Waals surface area (Å²) in [6.07, 6.45) is 4.12. The molecule has 0 amide bonds. The molecule has 1 aromatic rings. The van der Waals surface area contributed by atoms with Crippen LogP contribution >= 0.6 is 0 Å². The molecule has 0 aliphatic heterocycles. The predicted molar refractivity (Wildman–Crippen MR) is 59.3 cm³/mol. The van der Waals surface area contributed by atoms with E-state index in [-0.39, 0.29) is 12.3 Å². The van der Waals surface area contributed by atoms with Gasteiger partial charge in [0.15, 0.2) is 27.7 Å². The van der Waals surface area contributed by atoms with Crippen LogP contribution in [0.1, 0.15) is 0 Å². The molecule has 0 radical (unpaired) electrons. The van der Waals surface area contributed by atoms with Crippen molar-refractivity contribution in [2.75, 3.05) is 17.8 Å². The van der Waals surface area contributed by atoms with Crippen molar-refractivity contribution in [1.29, 1.82) is 0 Å². The van der Waals surface area contributed by atoms with E-state index in [0.29, 0.717) is 0 Å². The largest absolute Gasteiger partial charge is 0.244 e. The number of alkyl halides is 2. The van der Waals surface area contributed by atoms with Gasteiger partial charge in [-0.1, -0.05) is 0 Å². The maximum Gasteiger partial charge on any atom is 0.244 e. The molecule has 10 heteroatoms. The van der Waals surface area contributed by atoms with Gasteiger partial charge in [0.05, 0.1) is 5.75 Å². The highest BCUT2D eigenvalue weighted by Crippen LogP contribution is 1.96. The average Bonchev–Trinajstić information content (AvgIpc) is 2.74. The minimum atomic E-state index is -3.80. The average molecular weight is 303 g/mol. The van der Waals surface area contributed by atoms with Gasteiger partial charge < -0.3 is 0 Å². The van der Waals surface area contributed by atoms with Crippen LogP contribution in [0.2, 0.25) is 0 Å². The van der Waals surface area contributed by atoms with Crippen LogP contribution in [-0.4, -0.2) is 39.2 Å². The van der Waals surface area contributed by atoms with E-state index in [9.17, 15) is 25.6 Å². The van der Waals surface area contributed by atoms with Gasteiger partial charge in [0.25, 0.3) is 0 Å². The van der Waals surface area contributed by atoms with E-state index in [1.165, 1.54) is 27.9 Å². The van der Waals surface area contributed by atoms with Crippen molar-refractivity contribution in [1.82, 2.24) is 4.57 Å². The number of aromatic nitrogens is 2. The molecule has 0 aromatic carbocycles. The van der Waals surface area contributed by atoms with Crippen molar-refractivity contribution >= 4 is 19.7 Å². The Morgan fingerprint density at radius 3 is 2.22 bits per heavy atom. The Morgan fingerprint density at radius 1 is 1.06 bits per heavy atom. The van der Waals surface area contributed by atoms with Gasteiger partial charge in [-0.15, -0.1) is 0 Å². The zero-order valence-electron chi connectivity index (χ0n) is 9.37. The minimum Gasteiger partial charge on any atom is -0.236 e. The Morgan fingerprint density at radius 2 is 1.67 bits per heavy atom. The van der Waals surface area contributed by atoms with E-state index in [4.69, 9.17) is 0 Å². The number of sulfone groups is 2. The van der Waals surface area contributed by atoms with Gasteiger partial charge in [-0.3, -0.25) is 0 Å². The van der Waals surface area contributed by atoms with E-state index in [1.807, 2.05) is 0 Å². The van der Waals surface area contributed by atoms with Crippen LogP contribution in [0.15, 0.2) is 18.7 Å². The van der Waals surface area contributed by atoms with Crippen LogP contribution in [0, 0.1) is 0 Å². The number of nitrogens with zero attached hydrogens (tertiary/aromatic N) is 2. The number of hydrogen-bond donors (Lipinski definition) is 0. The quantitative estimate of drug-likeness (QED) is 0.631. The number of halogens is 2. The third-order valence-electron chi connectivity index (χ3n) is 2.08. The fourth-order valence-electron chi connectivity index (χ4n) is 1.21. The lowest BCUT2D eigenvalue weighted by Gasteiger charge is -1.97. The monoisotopic (exact) mass is 303 g/mol. The third kappa shape index (κ3) is 4.69. The molecule has 1 heterocycles. The fraction of sp³-hybridized carbons (Fsp3) is 0.625.